The molecule has 0 unspecified atom stereocenters. The Kier molecular flexibility index (Phi) is 6.99. The Morgan fingerprint density at radius 1 is 1.29 bits per heavy atom. The van der Waals surface area contributed by atoms with E-state index < -0.39 is 0 Å². The van der Waals surface area contributed by atoms with Crippen molar-refractivity contribution < 1.29 is 19.2 Å². The van der Waals surface area contributed by atoms with Gasteiger partial charge in [0.25, 0.3) is 0 Å². The summed E-state index contributed by atoms with van der Waals surface area (Å²) in [6.45, 7) is 1.69. The van der Waals surface area contributed by atoms with Crippen molar-refractivity contribution in [3.05, 3.63) is 35.6 Å². The molecule has 2 rings (SSSR count). The van der Waals surface area contributed by atoms with E-state index in [0.717, 1.165) is 31.2 Å². The van der Waals surface area contributed by atoms with E-state index in [1.54, 1.807) is 22.5 Å². The first-order chi connectivity index (χ1) is 11.6. The van der Waals surface area contributed by atoms with Crippen molar-refractivity contribution >= 4 is 11.9 Å². The molecule has 1 aromatic rings. The van der Waals surface area contributed by atoms with Crippen LogP contribution in [0.4, 0.5) is 9.18 Å². The molecule has 7 heteroatoms. The van der Waals surface area contributed by atoms with Crippen LogP contribution >= 0.6 is 0 Å². The molecule has 0 aromatic heterocycles. The van der Waals surface area contributed by atoms with Crippen LogP contribution in [-0.2, 0) is 11.3 Å². The molecule has 1 fully saturated rings. The van der Waals surface area contributed by atoms with Crippen LogP contribution in [0.25, 0.3) is 0 Å². The Morgan fingerprint density at radius 2 is 2.04 bits per heavy atom. The van der Waals surface area contributed by atoms with E-state index in [1.165, 1.54) is 12.1 Å². The molecule has 0 radical (unpaired) electrons. The predicted octanol–water partition coefficient (Wildman–Crippen LogP) is 2.42. The van der Waals surface area contributed by atoms with Gasteiger partial charge < -0.3 is 10.2 Å². The maximum absolute atomic E-state index is 13.1. The van der Waals surface area contributed by atoms with Crippen molar-refractivity contribution in [1.29, 1.82) is 0 Å². The third-order valence-corrected chi connectivity index (χ3v) is 4.38. The second-order valence-corrected chi connectivity index (χ2v) is 6.15. The van der Waals surface area contributed by atoms with Crippen molar-refractivity contribution in [2.24, 2.45) is 5.92 Å². The van der Waals surface area contributed by atoms with Crippen molar-refractivity contribution in [1.82, 2.24) is 15.7 Å². The number of nitrogens with zero attached hydrogens (tertiary/aromatic N) is 1. The number of piperidine rings is 1. The minimum atomic E-state index is -0.357. The fraction of sp³-hybridized carbons (Fsp3) is 0.529. The summed E-state index contributed by atoms with van der Waals surface area (Å²) in [6, 6.07) is 6.06. The second-order valence-electron chi connectivity index (χ2n) is 6.15. The van der Waals surface area contributed by atoms with Crippen molar-refractivity contribution in [2.45, 2.75) is 38.6 Å². The van der Waals surface area contributed by atoms with Crippen LogP contribution in [0.2, 0.25) is 0 Å². The number of urea groups is 1. The van der Waals surface area contributed by atoms with Gasteiger partial charge in [0, 0.05) is 26.1 Å². The standard InChI is InChI=1S/C17H24FN3O3/c18-15-5-1-4-14(11-15)12-19-17(23)21-9-7-13(8-10-21)3-2-6-16(22)20-24/h1,4-5,11,13,24H,2-3,6-10,12H2,(H,19,23)(H,20,22). The lowest BCUT2D eigenvalue weighted by atomic mass is 9.91. The third kappa shape index (κ3) is 5.81. The summed E-state index contributed by atoms with van der Waals surface area (Å²) < 4.78 is 13.1. The Morgan fingerprint density at radius 3 is 2.71 bits per heavy atom. The Bertz CT molecular complexity index is 560. The number of amides is 3. The summed E-state index contributed by atoms with van der Waals surface area (Å²) >= 11 is 0. The van der Waals surface area contributed by atoms with Crippen molar-refractivity contribution in [3.63, 3.8) is 0 Å². The summed E-state index contributed by atoms with van der Waals surface area (Å²) in [7, 11) is 0. The van der Waals surface area contributed by atoms with E-state index in [0.29, 0.717) is 32.0 Å². The van der Waals surface area contributed by atoms with Crippen LogP contribution in [0.1, 0.15) is 37.7 Å². The van der Waals surface area contributed by atoms with E-state index in [1.807, 2.05) is 0 Å². The van der Waals surface area contributed by atoms with E-state index in [2.05, 4.69) is 5.32 Å². The SMILES string of the molecule is O=C(CCCC1CCN(C(=O)NCc2cccc(F)c2)CC1)NO. The van der Waals surface area contributed by atoms with Gasteiger partial charge in [0.05, 0.1) is 0 Å². The highest BCUT2D eigenvalue weighted by molar-refractivity contribution is 5.74. The molecular weight excluding hydrogens is 313 g/mol. The maximum Gasteiger partial charge on any atom is 0.317 e. The lowest BCUT2D eigenvalue weighted by Gasteiger charge is -2.32. The zero-order valence-corrected chi connectivity index (χ0v) is 13.6. The number of hydrogen-bond acceptors (Lipinski definition) is 3. The number of likely N-dealkylation sites (tertiary alicyclic amines) is 1. The molecule has 0 aliphatic carbocycles. The molecule has 1 aliphatic heterocycles. The summed E-state index contributed by atoms with van der Waals surface area (Å²) in [5.74, 6) is -0.162. The molecule has 132 valence electrons. The normalized spacial score (nSPS) is 15.2. The van der Waals surface area contributed by atoms with Crippen LogP contribution in [0.3, 0.4) is 0 Å². The van der Waals surface area contributed by atoms with Gasteiger partial charge in [0.15, 0.2) is 0 Å². The number of hydroxylamine groups is 1. The number of nitrogens with one attached hydrogen (secondary N) is 2. The van der Waals surface area contributed by atoms with Gasteiger partial charge in [-0.25, -0.2) is 14.7 Å². The van der Waals surface area contributed by atoms with Crippen LogP contribution < -0.4 is 10.8 Å². The van der Waals surface area contributed by atoms with Gasteiger partial charge in [-0.3, -0.25) is 10.0 Å². The molecule has 3 N–H and O–H groups in total. The Labute approximate surface area is 141 Å². The van der Waals surface area contributed by atoms with E-state index in [4.69, 9.17) is 5.21 Å². The molecule has 1 aromatic carbocycles. The van der Waals surface area contributed by atoms with Gasteiger partial charge in [-0.2, -0.15) is 0 Å². The molecule has 0 atom stereocenters. The fourth-order valence-electron chi connectivity index (χ4n) is 2.97. The van der Waals surface area contributed by atoms with E-state index >= 15 is 0 Å². The number of benzene rings is 1. The average Bonchev–Trinajstić information content (AvgIpc) is 2.60. The first kappa shape index (κ1) is 18.2. The first-order valence-corrected chi connectivity index (χ1v) is 8.28. The second kappa shape index (κ2) is 9.22. The number of hydrogen-bond donors (Lipinski definition) is 3. The number of rotatable bonds is 6. The minimum Gasteiger partial charge on any atom is -0.334 e. The third-order valence-electron chi connectivity index (χ3n) is 4.38. The Hall–Kier alpha value is -2.15. The summed E-state index contributed by atoms with van der Waals surface area (Å²) in [6.07, 6.45) is 3.81. The summed E-state index contributed by atoms with van der Waals surface area (Å²) in [4.78, 5) is 24.9. The zero-order valence-electron chi connectivity index (χ0n) is 13.6. The molecule has 24 heavy (non-hydrogen) atoms. The molecule has 1 aliphatic rings. The van der Waals surface area contributed by atoms with Crippen LogP contribution in [0.15, 0.2) is 24.3 Å². The molecule has 0 spiro atoms. The smallest absolute Gasteiger partial charge is 0.317 e. The number of carbonyl (C=O) groups is 2. The predicted molar refractivity (Wildman–Crippen MR) is 86.7 cm³/mol. The lowest BCUT2D eigenvalue weighted by Crippen LogP contribution is -2.44. The van der Waals surface area contributed by atoms with Crippen LogP contribution in [0.5, 0.6) is 0 Å². The zero-order chi connectivity index (χ0) is 17.4. The molecule has 1 heterocycles. The van der Waals surface area contributed by atoms with E-state index in [9.17, 15) is 14.0 Å². The van der Waals surface area contributed by atoms with Crippen molar-refractivity contribution in [3.8, 4) is 0 Å². The highest BCUT2D eigenvalue weighted by atomic mass is 19.1. The van der Waals surface area contributed by atoms with Crippen LogP contribution in [-0.4, -0.2) is 35.1 Å². The monoisotopic (exact) mass is 337 g/mol. The minimum absolute atomic E-state index is 0.127. The van der Waals surface area contributed by atoms with Crippen LogP contribution in [0, 0.1) is 11.7 Å². The molecule has 1 saturated heterocycles. The van der Waals surface area contributed by atoms with Gasteiger partial charge in [-0.15, -0.1) is 0 Å². The molecule has 0 bridgehead atoms. The highest BCUT2D eigenvalue weighted by Gasteiger charge is 2.22. The van der Waals surface area contributed by atoms with Gasteiger partial charge in [-0.05, 0) is 49.3 Å². The largest absolute Gasteiger partial charge is 0.334 e. The lowest BCUT2D eigenvalue weighted by molar-refractivity contribution is -0.129. The highest BCUT2D eigenvalue weighted by Crippen LogP contribution is 2.22. The summed E-state index contributed by atoms with van der Waals surface area (Å²) in [5.41, 5.74) is 2.37. The number of carbonyl (C=O) groups excluding carboxylic acids is 2. The maximum atomic E-state index is 13.1. The fourth-order valence-corrected chi connectivity index (χ4v) is 2.97. The Balaban J connectivity index is 1.66. The summed E-state index contributed by atoms with van der Waals surface area (Å²) in [5, 5.41) is 11.3. The molecular formula is C17H24FN3O3. The number of halogens is 1. The van der Waals surface area contributed by atoms with Crippen molar-refractivity contribution in [2.75, 3.05) is 13.1 Å². The quantitative estimate of drug-likeness (QED) is 0.551. The first-order valence-electron chi connectivity index (χ1n) is 8.28. The average molecular weight is 337 g/mol. The molecule has 3 amide bonds. The van der Waals surface area contributed by atoms with Gasteiger partial charge >= 0.3 is 6.03 Å². The van der Waals surface area contributed by atoms with Gasteiger partial charge in [0.2, 0.25) is 5.91 Å². The van der Waals surface area contributed by atoms with E-state index in [-0.39, 0.29) is 17.8 Å². The topological polar surface area (TPSA) is 81.7 Å². The van der Waals surface area contributed by atoms with Gasteiger partial charge in [0.1, 0.15) is 5.82 Å². The van der Waals surface area contributed by atoms with Gasteiger partial charge in [-0.1, -0.05) is 12.1 Å². The molecule has 6 nitrogen and oxygen atoms in total. The molecule has 0 saturated carbocycles.